The average molecular weight is 334 g/mol. The van der Waals surface area contributed by atoms with Gasteiger partial charge in [-0.05, 0) is 49.1 Å². The molecular formula is C21H26N4. The van der Waals surface area contributed by atoms with Crippen molar-refractivity contribution >= 4 is 12.0 Å². The Morgan fingerprint density at radius 2 is 1.96 bits per heavy atom. The molecule has 1 aromatic carbocycles. The van der Waals surface area contributed by atoms with Crippen molar-refractivity contribution in [2.75, 3.05) is 24.5 Å². The van der Waals surface area contributed by atoms with Crippen LogP contribution >= 0.6 is 0 Å². The zero-order chi connectivity index (χ0) is 16.9. The van der Waals surface area contributed by atoms with Crippen molar-refractivity contribution in [1.82, 2.24) is 9.97 Å². The Morgan fingerprint density at radius 1 is 1.12 bits per heavy atom. The Labute approximate surface area is 150 Å². The Bertz CT molecular complexity index is 678. The molecule has 1 aliphatic carbocycles. The van der Waals surface area contributed by atoms with Crippen LogP contribution in [-0.4, -0.2) is 35.8 Å². The van der Waals surface area contributed by atoms with E-state index in [1.807, 2.05) is 12.3 Å². The Kier molecular flexibility index (Phi) is 5.05. The van der Waals surface area contributed by atoms with Crippen LogP contribution in [0.4, 0.5) is 5.82 Å². The van der Waals surface area contributed by atoms with Crippen molar-refractivity contribution in [3.63, 3.8) is 0 Å². The topological polar surface area (TPSA) is 41.4 Å². The van der Waals surface area contributed by atoms with Crippen LogP contribution in [0.15, 0.2) is 53.9 Å². The van der Waals surface area contributed by atoms with Gasteiger partial charge in [0.1, 0.15) is 12.1 Å². The standard InChI is InChI=1S/C21H26N4/c1-2-4-18(5-3-1)20-14-19(20)15-22-10-6-17-8-12-25(13-9-17)21-7-11-23-16-24-21/h1-5,7,11,15-17,19-20H,6,8-10,12-14H2/t19?,20-/m0/s1. The summed E-state index contributed by atoms with van der Waals surface area (Å²) < 4.78 is 0. The molecule has 4 heteroatoms. The first-order valence-corrected chi connectivity index (χ1v) is 9.46. The van der Waals surface area contributed by atoms with Crippen LogP contribution in [0.25, 0.3) is 0 Å². The maximum absolute atomic E-state index is 4.72. The fourth-order valence-electron chi connectivity index (χ4n) is 3.85. The molecule has 2 fully saturated rings. The Hall–Kier alpha value is -2.23. The Morgan fingerprint density at radius 3 is 2.72 bits per heavy atom. The van der Waals surface area contributed by atoms with Gasteiger partial charge in [-0.2, -0.15) is 0 Å². The number of aliphatic imine (C=N–C) groups is 1. The molecule has 2 heterocycles. The number of piperidine rings is 1. The van der Waals surface area contributed by atoms with E-state index < -0.39 is 0 Å². The molecule has 130 valence electrons. The molecule has 25 heavy (non-hydrogen) atoms. The highest BCUT2D eigenvalue weighted by atomic mass is 15.2. The molecule has 1 aromatic heterocycles. The van der Waals surface area contributed by atoms with Gasteiger partial charge in [0, 0.05) is 38.0 Å². The molecule has 1 aliphatic heterocycles. The molecule has 0 N–H and O–H groups in total. The van der Waals surface area contributed by atoms with Crippen molar-refractivity contribution in [3.05, 3.63) is 54.5 Å². The second kappa shape index (κ2) is 7.77. The fraction of sp³-hybridized carbons (Fsp3) is 0.476. The monoisotopic (exact) mass is 334 g/mol. The van der Waals surface area contributed by atoms with Gasteiger partial charge in [-0.3, -0.25) is 4.99 Å². The van der Waals surface area contributed by atoms with Crippen LogP contribution in [0.2, 0.25) is 0 Å². The van der Waals surface area contributed by atoms with Crippen LogP contribution in [0, 0.1) is 11.8 Å². The highest BCUT2D eigenvalue weighted by molar-refractivity contribution is 5.67. The van der Waals surface area contributed by atoms with E-state index in [0.29, 0.717) is 11.8 Å². The zero-order valence-electron chi connectivity index (χ0n) is 14.7. The van der Waals surface area contributed by atoms with Crippen molar-refractivity contribution in [1.29, 1.82) is 0 Å². The quantitative estimate of drug-likeness (QED) is 0.751. The van der Waals surface area contributed by atoms with Gasteiger partial charge in [0.25, 0.3) is 0 Å². The van der Waals surface area contributed by atoms with E-state index in [-0.39, 0.29) is 0 Å². The summed E-state index contributed by atoms with van der Waals surface area (Å²) in [4.78, 5) is 15.4. The van der Waals surface area contributed by atoms with Gasteiger partial charge in [0.15, 0.2) is 0 Å². The SMILES string of the molecule is C(=NCCC1CCN(c2ccncn2)CC1)C1C[C@H]1c1ccccc1. The molecular weight excluding hydrogens is 308 g/mol. The first-order chi connectivity index (χ1) is 12.4. The number of aromatic nitrogens is 2. The number of benzene rings is 1. The highest BCUT2D eigenvalue weighted by Gasteiger charge is 2.36. The molecule has 1 unspecified atom stereocenters. The molecule has 1 saturated carbocycles. The predicted octanol–water partition coefficient (Wildman–Crippen LogP) is 3.96. The van der Waals surface area contributed by atoms with E-state index >= 15 is 0 Å². The number of hydrogen-bond acceptors (Lipinski definition) is 4. The molecule has 4 nitrogen and oxygen atoms in total. The summed E-state index contributed by atoms with van der Waals surface area (Å²) in [5.41, 5.74) is 1.47. The second-order valence-electron chi connectivity index (χ2n) is 7.26. The second-order valence-corrected chi connectivity index (χ2v) is 7.26. The highest BCUT2D eigenvalue weighted by Crippen LogP contribution is 2.46. The lowest BCUT2D eigenvalue weighted by Gasteiger charge is -2.32. The lowest BCUT2D eigenvalue weighted by atomic mass is 9.93. The minimum absolute atomic E-state index is 0.669. The summed E-state index contributed by atoms with van der Waals surface area (Å²) in [5, 5.41) is 0. The number of anilines is 1. The zero-order valence-corrected chi connectivity index (χ0v) is 14.7. The molecule has 2 aliphatic rings. The van der Waals surface area contributed by atoms with E-state index in [2.05, 4.69) is 51.4 Å². The fourth-order valence-corrected chi connectivity index (χ4v) is 3.85. The maximum Gasteiger partial charge on any atom is 0.131 e. The molecule has 4 rings (SSSR count). The van der Waals surface area contributed by atoms with E-state index in [4.69, 9.17) is 4.99 Å². The number of hydrogen-bond donors (Lipinski definition) is 0. The Balaban J connectivity index is 1.16. The van der Waals surface area contributed by atoms with Gasteiger partial charge < -0.3 is 4.90 Å². The first kappa shape index (κ1) is 16.2. The van der Waals surface area contributed by atoms with Crippen molar-refractivity contribution < 1.29 is 0 Å². The largest absolute Gasteiger partial charge is 0.357 e. The third kappa shape index (κ3) is 4.25. The van der Waals surface area contributed by atoms with E-state index in [0.717, 1.165) is 31.4 Å². The van der Waals surface area contributed by atoms with Crippen LogP contribution in [0.1, 0.15) is 37.2 Å². The molecule has 1 saturated heterocycles. The maximum atomic E-state index is 4.72. The van der Waals surface area contributed by atoms with E-state index in [1.165, 1.54) is 31.2 Å². The number of nitrogens with zero attached hydrogens (tertiary/aromatic N) is 4. The lowest BCUT2D eigenvalue weighted by molar-refractivity contribution is 0.385. The smallest absolute Gasteiger partial charge is 0.131 e. The molecule has 0 amide bonds. The third-order valence-electron chi connectivity index (χ3n) is 5.54. The average Bonchev–Trinajstić information content (AvgIpc) is 3.47. The summed E-state index contributed by atoms with van der Waals surface area (Å²) in [5.74, 6) is 3.24. The van der Waals surface area contributed by atoms with Gasteiger partial charge in [0.2, 0.25) is 0 Å². The van der Waals surface area contributed by atoms with Crippen molar-refractivity contribution in [2.45, 2.75) is 31.6 Å². The van der Waals surface area contributed by atoms with Gasteiger partial charge in [0.05, 0.1) is 0 Å². The first-order valence-electron chi connectivity index (χ1n) is 9.46. The van der Waals surface area contributed by atoms with Crippen molar-refractivity contribution in [2.24, 2.45) is 16.8 Å². The van der Waals surface area contributed by atoms with Crippen LogP contribution in [-0.2, 0) is 0 Å². The molecule has 0 radical (unpaired) electrons. The molecule has 2 aromatic rings. The lowest BCUT2D eigenvalue weighted by Crippen LogP contribution is -2.34. The minimum Gasteiger partial charge on any atom is -0.357 e. The van der Waals surface area contributed by atoms with Gasteiger partial charge in [-0.15, -0.1) is 0 Å². The predicted molar refractivity (Wildman–Crippen MR) is 102 cm³/mol. The summed E-state index contributed by atoms with van der Waals surface area (Å²) in [7, 11) is 0. The summed E-state index contributed by atoms with van der Waals surface area (Å²) in [6.45, 7) is 3.18. The summed E-state index contributed by atoms with van der Waals surface area (Å²) >= 11 is 0. The number of rotatable bonds is 6. The third-order valence-corrected chi connectivity index (χ3v) is 5.54. The minimum atomic E-state index is 0.669. The van der Waals surface area contributed by atoms with Crippen LogP contribution < -0.4 is 4.90 Å². The summed E-state index contributed by atoms with van der Waals surface area (Å²) in [6.07, 6.45) is 10.7. The van der Waals surface area contributed by atoms with Gasteiger partial charge >= 0.3 is 0 Å². The van der Waals surface area contributed by atoms with Crippen LogP contribution in [0.5, 0.6) is 0 Å². The van der Waals surface area contributed by atoms with Crippen molar-refractivity contribution in [3.8, 4) is 0 Å². The van der Waals surface area contributed by atoms with E-state index in [9.17, 15) is 0 Å². The molecule has 0 spiro atoms. The van der Waals surface area contributed by atoms with E-state index in [1.54, 1.807) is 6.33 Å². The van der Waals surface area contributed by atoms with Gasteiger partial charge in [-0.25, -0.2) is 9.97 Å². The summed E-state index contributed by atoms with van der Waals surface area (Å²) in [6, 6.07) is 12.8. The van der Waals surface area contributed by atoms with Crippen LogP contribution in [0.3, 0.4) is 0 Å². The van der Waals surface area contributed by atoms with Gasteiger partial charge in [-0.1, -0.05) is 30.3 Å². The molecule has 0 bridgehead atoms. The normalized spacial score (nSPS) is 23.9. The molecule has 2 atom stereocenters.